The zero-order valence-electron chi connectivity index (χ0n) is 10.3. The topological polar surface area (TPSA) is 40.6 Å². The van der Waals surface area contributed by atoms with Crippen LogP contribution in [0.2, 0.25) is 0 Å². The Morgan fingerprint density at radius 1 is 1.00 bits per heavy atom. The lowest BCUT2D eigenvalue weighted by Gasteiger charge is -2.31. The molecule has 1 aromatic rings. The van der Waals surface area contributed by atoms with Crippen LogP contribution < -0.4 is 4.90 Å². The van der Waals surface area contributed by atoms with Crippen LogP contribution in [0.25, 0.3) is 0 Å². The van der Waals surface area contributed by atoms with Crippen molar-refractivity contribution in [2.45, 2.75) is 19.3 Å². The highest BCUT2D eigenvalue weighted by atomic mass is 16.2. The van der Waals surface area contributed by atoms with Crippen LogP contribution in [0.1, 0.15) is 29.6 Å². The molecule has 0 aliphatic carbocycles. The van der Waals surface area contributed by atoms with Crippen molar-refractivity contribution in [1.29, 1.82) is 0 Å². The van der Waals surface area contributed by atoms with Crippen LogP contribution in [0.15, 0.2) is 24.3 Å². The molecule has 0 atom stereocenters. The van der Waals surface area contributed by atoms with Gasteiger partial charge >= 0.3 is 0 Å². The smallest absolute Gasteiger partial charge is 0.253 e. The summed E-state index contributed by atoms with van der Waals surface area (Å²) in [5.41, 5.74) is 1.61. The van der Waals surface area contributed by atoms with Crippen molar-refractivity contribution >= 4 is 17.5 Å². The third-order valence-electron chi connectivity index (χ3n) is 3.64. The fourth-order valence-corrected chi connectivity index (χ4v) is 2.41. The summed E-state index contributed by atoms with van der Waals surface area (Å²) in [4.78, 5) is 27.2. The first-order valence-electron chi connectivity index (χ1n) is 6.45. The van der Waals surface area contributed by atoms with Gasteiger partial charge in [-0.2, -0.15) is 0 Å². The quantitative estimate of drug-likeness (QED) is 0.793. The number of rotatable bonds is 2. The van der Waals surface area contributed by atoms with E-state index in [2.05, 4.69) is 0 Å². The molecule has 0 saturated carbocycles. The molecule has 2 saturated heterocycles. The normalized spacial score (nSPS) is 19.0. The third-order valence-corrected chi connectivity index (χ3v) is 3.64. The molecule has 2 fully saturated rings. The van der Waals surface area contributed by atoms with Gasteiger partial charge in [-0.3, -0.25) is 9.59 Å². The Labute approximate surface area is 106 Å². The second-order valence-corrected chi connectivity index (χ2v) is 4.84. The highest BCUT2D eigenvalue weighted by Gasteiger charge is 2.23. The first-order chi connectivity index (χ1) is 8.75. The molecule has 2 aliphatic heterocycles. The minimum absolute atomic E-state index is 0.0977. The number of carbonyl (C=O) groups is 2. The van der Waals surface area contributed by atoms with Gasteiger partial charge in [0.1, 0.15) is 0 Å². The molecular formula is C14H16N2O2. The molecule has 0 radical (unpaired) electrons. The average molecular weight is 244 g/mol. The molecule has 4 heteroatoms. The molecule has 94 valence electrons. The Morgan fingerprint density at radius 3 is 2.22 bits per heavy atom. The molecule has 0 spiro atoms. The van der Waals surface area contributed by atoms with E-state index >= 15 is 0 Å². The van der Waals surface area contributed by atoms with Gasteiger partial charge < -0.3 is 9.80 Å². The van der Waals surface area contributed by atoms with Gasteiger partial charge in [-0.05, 0) is 37.1 Å². The lowest BCUT2D eigenvalue weighted by atomic mass is 10.1. The van der Waals surface area contributed by atoms with Crippen molar-refractivity contribution in [1.82, 2.24) is 4.90 Å². The summed E-state index contributed by atoms with van der Waals surface area (Å²) in [6.07, 6.45) is 2.66. The highest BCUT2D eigenvalue weighted by molar-refractivity contribution is 5.97. The van der Waals surface area contributed by atoms with Crippen LogP contribution in [0.5, 0.6) is 0 Å². The van der Waals surface area contributed by atoms with E-state index < -0.39 is 0 Å². The summed E-state index contributed by atoms with van der Waals surface area (Å²) >= 11 is 0. The SMILES string of the molecule is O=C(c1ccc(N2CCCC2=O)cc1)N1CCC1. The standard InChI is InChI=1S/C14H16N2O2/c17-13-3-1-10-16(13)12-6-4-11(5-7-12)14(18)15-8-2-9-15/h4-7H,1-3,8-10H2. The minimum atomic E-state index is 0.0977. The molecule has 0 unspecified atom stereocenters. The Kier molecular flexibility index (Phi) is 2.78. The van der Waals surface area contributed by atoms with E-state index in [0.717, 1.165) is 38.2 Å². The van der Waals surface area contributed by atoms with Crippen molar-refractivity contribution in [2.75, 3.05) is 24.5 Å². The van der Waals surface area contributed by atoms with Crippen LogP contribution in [-0.4, -0.2) is 36.3 Å². The van der Waals surface area contributed by atoms with E-state index in [4.69, 9.17) is 0 Å². The summed E-state index contributed by atoms with van der Waals surface area (Å²) in [6.45, 7) is 2.52. The van der Waals surface area contributed by atoms with Gasteiger partial charge in [0.05, 0.1) is 0 Å². The van der Waals surface area contributed by atoms with Crippen LogP contribution in [-0.2, 0) is 4.79 Å². The highest BCUT2D eigenvalue weighted by Crippen LogP contribution is 2.22. The summed E-state index contributed by atoms with van der Waals surface area (Å²) in [5, 5.41) is 0. The molecule has 2 amide bonds. The Bertz CT molecular complexity index is 477. The molecule has 0 bridgehead atoms. The first kappa shape index (κ1) is 11.3. The van der Waals surface area contributed by atoms with Crippen molar-refractivity contribution in [3.8, 4) is 0 Å². The second kappa shape index (κ2) is 4.44. The molecule has 0 N–H and O–H groups in total. The predicted octanol–water partition coefficient (Wildman–Crippen LogP) is 1.66. The van der Waals surface area contributed by atoms with Gasteiger partial charge in [-0.25, -0.2) is 0 Å². The molecule has 1 aromatic carbocycles. The summed E-state index contributed by atoms with van der Waals surface area (Å²) in [5.74, 6) is 0.275. The molecule has 4 nitrogen and oxygen atoms in total. The third kappa shape index (κ3) is 1.88. The molecule has 3 rings (SSSR count). The number of carbonyl (C=O) groups excluding carboxylic acids is 2. The van der Waals surface area contributed by atoms with E-state index in [1.807, 2.05) is 29.2 Å². The summed E-state index contributed by atoms with van der Waals surface area (Å²) in [7, 11) is 0. The lowest BCUT2D eigenvalue weighted by Crippen LogP contribution is -2.42. The maximum absolute atomic E-state index is 12.0. The molecule has 0 aromatic heterocycles. The number of anilines is 1. The second-order valence-electron chi connectivity index (χ2n) is 4.84. The Hall–Kier alpha value is -1.84. The van der Waals surface area contributed by atoms with E-state index in [0.29, 0.717) is 12.0 Å². The minimum Gasteiger partial charge on any atom is -0.339 e. The summed E-state index contributed by atoms with van der Waals surface area (Å²) in [6, 6.07) is 7.38. The molecule has 2 aliphatic rings. The maximum atomic E-state index is 12.0. The lowest BCUT2D eigenvalue weighted by molar-refractivity contribution is -0.117. The van der Waals surface area contributed by atoms with Gasteiger partial charge in [0.15, 0.2) is 0 Å². The molecular weight excluding hydrogens is 228 g/mol. The predicted molar refractivity (Wildman–Crippen MR) is 68.5 cm³/mol. The number of nitrogens with zero attached hydrogens (tertiary/aromatic N) is 2. The van der Waals surface area contributed by atoms with Crippen LogP contribution in [0.3, 0.4) is 0 Å². The van der Waals surface area contributed by atoms with Crippen molar-refractivity contribution in [2.24, 2.45) is 0 Å². The summed E-state index contributed by atoms with van der Waals surface area (Å²) < 4.78 is 0. The van der Waals surface area contributed by atoms with Crippen LogP contribution >= 0.6 is 0 Å². The van der Waals surface area contributed by atoms with E-state index in [1.165, 1.54) is 0 Å². The van der Waals surface area contributed by atoms with E-state index in [-0.39, 0.29) is 11.8 Å². The van der Waals surface area contributed by atoms with Gasteiger partial charge in [-0.15, -0.1) is 0 Å². The van der Waals surface area contributed by atoms with Crippen molar-refractivity contribution in [3.63, 3.8) is 0 Å². The number of hydrogen-bond donors (Lipinski definition) is 0. The zero-order chi connectivity index (χ0) is 12.5. The monoisotopic (exact) mass is 244 g/mol. The van der Waals surface area contributed by atoms with E-state index in [1.54, 1.807) is 4.90 Å². The average Bonchev–Trinajstić information content (AvgIpc) is 2.73. The van der Waals surface area contributed by atoms with Gasteiger partial charge in [0, 0.05) is 37.3 Å². The number of benzene rings is 1. The molecule has 2 heterocycles. The largest absolute Gasteiger partial charge is 0.339 e. The van der Waals surface area contributed by atoms with Crippen LogP contribution in [0.4, 0.5) is 5.69 Å². The number of likely N-dealkylation sites (tertiary alicyclic amines) is 1. The van der Waals surface area contributed by atoms with Gasteiger partial charge in [0.25, 0.3) is 5.91 Å². The van der Waals surface area contributed by atoms with Crippen molar-refractivity contribution < 1.29 is 9.59 Å². The number of amides is 2. The van der Waals surface area contributed by atoms with E-state index in [9.17, 15) is 9.59 Å². The fourth-order valence-electron chi connectivity index (χ4n) is 2.41. The van der Waals surface area contributed by atoms with Crippen molar-refractivity contribution in [3.05, 3.63) is 29.8 Å². The van der Waals surface area contributed by atoms with Gasteiger partial charge in [-0.1, -0.05) is 0 Å². The van der Waals surface area contributed by atoms with Crippen LogP contribution in [0, 0.1) is 0 Å². The zero-order valence-corrected chi connectivity index (χ0v) is 10.3. The Morgan fingerprint density at radius 2 is 1.72 bits per heavy atom. The molecule has 18 heavy (non-hydrogen) atoms. The Balaban J connectivity index is 1.76. The van der Waals surface area contributed by atoms with Gasteiger partial charge in [0.2, 0.25) is 5.91 Å². The fraction of sp³-hybridized carbons (Fsp3) is 0.429. The first-order valence-corrected chi connectivity index (χ1v) is 6.45. The maximum Gasteiger partial charge on any atom is 0.253 e. The number of hydrogen-bond acceptors (Lipinski definition) is 2.